The number of aryl methyl sites for hydroxylation is 1. The number of rotatable bonds is 4. The molecule has 3 aromatic rings. The second-order valence-corrected chi connectivity index (χ2v) is 7.85. The van der Waals surface area contributed by atoms with E-state index in [1.54, 1.807) is 30.2 Å². The number of nitrogens with zero attached hydrogens (tertiary/aromatic N) is 4. The van der Waals surface area contributed by atoms with Gasteiger partial charge in [0.05, 0.1) is 12.2 Å². The van der Waals surface area contributed by atoms with Crippen molar-refractivity contribution < 1.29 is 14.0 Å². The molecule has 1 aliphatic heterocycles. The van der Waals surface area contributed by atoms with Crippen LogP contribution in [0.1, 0.15) is 47.6 Å². The summed E-state index contributed by atoms with van der Waals surface area (Å²) >= 11 is 0. The average molecular weight is 426 g/mol. The van der Waals surface area contributed by atoms with E-state index in [-0.39, 0.29) is 40.8 Å². The van der Waals surface area contributed by atoms with Gasteiger partial charge >= 0.3 is 0 Å². The van der Waals surface area contributed by atoms with Gasteiger partial charge < -0.3 is 15.2 Å². The Labute approximate surface area is 177 Å². The van der Waals surface area contributed by atoms with E-state index >= 15 is 0 Å². The van der Waals surface area contributed by atoms with E-state index in [1.807, 2.05) is 6.92 Å². The maximum absolute atomic E-state index is 13.1. The molecule has 1 atom stereocenters. The van der Waals surface area contributed by atoms with Crippen molar-refractivity contribution in [2.45, 2.75) is 32.7 Å². The summed E-state index contributed by atoms with van der Waals surface area (Å²) in [4.78, 5) is 42.0. The van der Waals surface area contributed by atoms with E-state index in [4.69, 9.17) is 0 Å². The minimum atomic E-state index is -0.419. The van der Waals surface area contributed by atoms with Crippen LogP contribution in [0.5, 0.6) is 0 Å². The smallest absolute Gasteiger partial charge is 0.276 e. The molecule has 0 saturated carbocycles. The SMILES string of the molecule is Cc1cn2nnc(C(=O)N3CCC(C(=O)NC(C)c4ccc(F)cc4)CC3)c2c(=O)[nH]1. The third kappa shape index (κ3) is 4.18. The van der Waals surface area contributed by atoms with Crippen molar-refractivity contribution in [2.24, 2.45) is 5.92 Å². The Morgan fingerprint density at radius 3 is 2.58 bits per heavy atom. The van der Waals surface area contributed by atoms with Gasteiger partial charge in [-0.15, -0.1) is 5.10 Å². The summed E-state index contributed by atoms with van der Waals surface area (Å²) in [7, 11) is 0. The molecule has 1 unspecified atom stereocenters. The van der Waals surface area contributed by atoms with Crippen LogP contribution in [0.3, 0.4) is 0 Å². The number of piperidine rings is 1. The first-order valence-electron chi connectivity index (χ1n) is 10.1. The number of amides is 2. The van der Waals surface area contributed by atoms with Gasteiger partial charge in [-0.25, -0.2) is 8.91 Å². The van der Waals surface area contributed by atoms with E-state index in [9.17, 15) is 18.8 Å². The summed E-state index contributed by atoms with van der Waals surface area (Å²) < 4.78 is 14.4. The Morgan fingerprint density at radius 2 is 1.90 bits per heavy atom. The minimum absolute atomic E-state index is 0.00841. The molecule has 4 rings (SSSR count). The maximum atomic E-state index is 13.1. The molecule has 0 bridgehead atoms. The lowest BCUT2D eigenvalue weighted by Crippen LogP contribution is -2.43. The number of likely N-dealkylation sites (tertiary alicyclic amines) is 1. The highest BCUT2D eigenvalue weighted by Crippen LogP contribution is 2.21. The number of carbonyl (C=O) groups is 2. The Kier molecular flexibility index (Phi) is 5.53. The summed E-state index contributed by atoms with van der Waals surface area (Å²) in [6.45, 7) is 4.33. The molecular weight excluding hydrogens is 403 g/mol. The van der Waals surface area contributed by atoms with Crippen LogP contribution in [0.25, 0.3) is 5.52 Å². The van der Waals surface area contributed by atoms with Crippen molar-refractivity contribution in [2.75, 3.05) is 13.1 Å². The third-order valence-corrected chi connectivity index (χ3v) is 5.62. The van der Waals surface area contributed by atoms with Crippen molar-refractivity contribution in [1.82, 2.24) is 30.0 Å². The molecule has 1 aromatic carbocycles. The van der Waals surface area contributed by atoms with Gasteiger partial charge in [0.2, 0.25) is 5.91 Å². The van der Waals surface area contributed by atoms with Crippen molar-refractivity contribution in [3.05, 3.63) is 63.6 Å². The number of fused-ring (bicyclic) bond motifs is 1. The van der Waals surface area contributed by atoms with Gasteiger partial charge in [-0.3, -0.25) is 14.4 Å². The molecule has 2 amide bonds. The quantitative estimate of drug-likeness (QED) is 0.658. The molecular formula is C21H23FN6O3. The molecule has 1 aliphatic rings. The Hall–Kier alpha value is -3.56. The van der Waals surface area contributed by atoms with Gasteiger partial charge in [0.1, 0.15) is 5.82 Å². The van der Waals surface area contributed by atoms with Crippen molar-refractivity contribution in [3.8, 4) is 0 Å². The highest BCUT2D eigenvalue weighted by Gasteiger charge is 2.31. The number of hydrogen-bond donors (Lipinski definition) is 2. The van der Waals surface area contributed by atoms with Crippen LogP contribution in [0, 0.1) is 18.7 Å². The Bertz CT molecular complexity index is 1180. The van der Waals surface area contributed by atoms with Gasteiger partial charge in [0.15, 0.2) is 11.2 Å². The predicted octanol–water partition coefficient (Wildman–Crippen LogP) is 1.59. The maximum Gasteiger partial charge on any atom is 0.276 e. The van der Waals surface area contributed by atoms with Crippen molar-refractivity contribution >= 4 is 17.3 Å². The summed E-state index contributed by atoms with van der Waals surface area (Å²) in [5, 5.41) is 10.7. The number of H-pyrrole nitrogens is 1. The fraction of sp³-hybridized carbons (Fsp3) is 0.381. The molecule has 31 heavy (non-hydrogen) atoms. The summed E-state index contributed by atoms with van der Waals surface area (Å²) in [5.74, 6) is -1.01. The third-order valence-electron chi connectivity index (χ3n) is 5.62. The molecule has 10 heteroatoms. The summed E-state index contributed by atoms with van der Waals surface area (Å²) in [6.07, 6.45) is 2.60. The zero-order valence-electron chi connectivity index (χ0n) is 17.3. The Morgan fingerprint density at radius 1 is 1.23 bits per heavy atom. The van der Waals surface area contributed by atoms with Crippen molar-refractivity contribution in [3.63, 3.8) is 0 Å². The number of benzene rings is 1. The standard InChI is InChI=1S/C21H23FN6O3/c1-12-11-28-18(20(30)23-12)17(25-26-28)21(31)27-9-7-15(8-10-27)19(29)24-13(2)14-3-5-16(22)6-4-14/h3-6,11,13,15H,7-10H2,1-2H3,(H,23,30)(H,24,29). The number of aromatic amines is 1. The van der Waals surface area contributed by atoms with E-state index in [2.05, 4.69) is 20.6 Å². The lowest BCUT2D eigenvalue weighted by molar-refractivity contribution is -0.127. The second-order valence-electron chi connectivity index (χ2n) is 7.85. The fourth-order valence-corrected chi connectivity index (χ4v) is 3.85. The zero-order valence-corrected chi connectivity index (χ0v) is 17.3. The number of carbonyl (C=O) groups excluding carboxylic acids is 2. The largest absolute Gasteiger partial charge is 0.349 e. The first-order chi connectivity index (χ1) is 14.8. The molecule has 0 aliphatic carbocycles. The molecule has 3 heterocycles. The molecule has 162 valence electrons. The first kappa shape index (κ1) is 20.7. The molecule has 2 N–H and O–H groups in total. The lowest BCUT2D eigenvalue weighted by atomic mass is 9.95. The fourth-order valence-electron chi connectivity index (χ4n) is 3.85. The monoisotopic (exact) mass is 426 g/mol. The van der Waals surface area contributed by atoms with Crippen LogP contribution in [0.15, 0.2) is 35.3 Å². The van der Waals surface area contributed by atoms with Crippen LogP contribution in [-0.2, 0) is 4.79 Å². The summed E-state index contributed by atoms with van der Waals surface area (Å²) in [5.41, 5.74) is 1.14. The van der Waals surface area contributed by atoms with Crippen LogP contribution >= 0.6 is 0 Å². The van der Waals surface area contributed by atoms with E-state index in [0.717, 1.165) is 5.56 Å². The lowest BCUT2D eigenvalue weighted by Gasteiger charge is -2.31. The summed E-state index contributed by atoms with van der Waals surface area (Å²) in [6, 6.07) is 5.78. The van der Waals surface area contributed by atoms with Crippen LogP contribution in [0.4, 0.5) is 4.39 Å². The molecule has 0 spiro atoms. The predicted molar refractivity (Wildman–Crippen MR) is 110 cm³/mol. The number of aromatic nitrogens is 4. The van der Waals surface area contributed by atoms with Gasteiger partial charge in [-0.1, -0.05) is 17.3 Å². The van der Waals surface area contributed by atoms with E-state index in [1.165, 1.54) is 16.6 Å². The molecule has 2 aromatic heterocycles. The van der Waals surface area contributed by atoms with Crippen molar-refractivity contribution in [1.29, 1.82) is 0 Å². The van der Waals surface area contributed by atoms with E-state index in [0.29, 0.717) is 31.6 Å². The number of hydrogen-bond acceptors (Lipinski definition) is 5. The molecule has 0 radical (unpaired) electrons. The molecule has 9 nitrogen and oxygen atoms in total. The highest BCUT2D eigenvalue weighted by molar-refractivity contribution is 5.98. The van der Waals surface area contributed by atoms with Crippen LogP contribution in [0.2, 0.25) is 0 Å². The van der Waals surface area contributed by atoms with Crippen LogP contribution in [-0.4, -0.2) is 49.6 Å². The highest BCUT2D eigenvalue weighted by atomic mass is 19.1. The number of nitrogens with one attached hydrogen (secondary N) is 2. The van der Waals surface area contributed by atoms with Gasteiger partial charge in [-0.2, -0.15) is 0 Å². The number of halogens is 1. The minimum Gasteiger partial charge on any atom is -0.349 e. The Balaban J connectivity index is 1.38. The topological polar surface area (TPSA) is 112 Å². The second kappa shape index (κ2) is 8.29. The molecule has 1 saturated heterocycles. The first-order valence-corrected chi connectivity index (χ1v) is 10.1. The van der Waals surface area contributed by atoms with Gasteiger partial charge in [0, 0.05) is 24.7 Å². The molecule has 1 fully saturated rings. The zero-order chi connectivity index (χ0) is 22.1. The normalized spacial score (nSPS) is 15.8. The average Bonchev–Trinajstić information content (AvgIpc) is 3.18. The van der Waals surface area contributed by atoms with Crippen LogP contribution < -0.4 is 10.9 Å². The van der Waals surface area contributed by atoms with E-state index < -0.39 is 5.56 Å². The van der Waals surface area contributed by atoms with Gasteiger partial charge in [0.25, 0.3) is 11.5 Å². The van der Waals surface area contributed by atoms with Gasteiger partial charge in [-0.05, 0) is 44.4 Å².